The van der Waals surface area contributed by atoms with Gasteiger partial charge in [0.05, 0.1) is 11.6 Å². The van der Waals surface area contributed by atoms with Crippen molar-refractivity contribution in [3.63, 3.8) is 0 Å². The fraction of sp³-hybridized carbons (Fsp3) is 0.583. The zero-order valence-electron chi connectivity index (χ0n) is 10.1. The van der Waals surface area contributed by atoms with Crippen molar-refractivity contribution in [2.24, 2.45) is 13.0 Å². The zero-order valence-corrected chi connectivity index (χ0v) is 10.1. The Morgan fingerprint density at radius 1 is 1.41 bits per heavy atom. The summed E-state index contributed by atoms with van der Waals surface area (Å²) >= 11 is 0. The molecule has 2 aromatic rings. The van der Waals surface area contributed by atoms with Gasteiger partial charge < -0.3 is 5.32 Å². The van der Waals surface area contributed by atoms with Gasteiger partial charge in [-0.1, -0.05) is 12.8 Å². The number of hydrogen-bond donors (Lipinski definition) is 1. The van der Waals surface area contributed by atoms with Crippen molar-refractivity contribution < 1.29 is 0 Å². The standard InChI is InChI=1S/C12H17N5/c1-17-12-10(7-16-17)11(14-8-15-12)13-6-2-3-9-4-5-9/h7-9H,2-6H2,1H3,(H,13,14,15). The lowest BCUT2D eigenvalue weighted by Gasteiger charge is -2.05. The Kier molecular flexibility index (Phi) is 2.66. The number of nitrogens with one attached hydrogen (secondary N) is 1. The Balaban J connectivity index is 1.66. The summed E-state index contributed by atoms with van der Waals surface area (Å²) < 4.78 is 1.77. The summed E-state index contributed by atoms with van der Waals surface area (Å²) in [7, 11) is 1.90. The van der Waals surface area contributed by atoms with Gasteiger partial charge in [-0.2, -0.15) is 5.10 Å². The van der Waals surface area contributed by atoms with Gasteiger partial charge in [-0.05, 0) is 18.8 Å². The van der Waals surface area contributed by atoms with Crippen molar-refractivity contribution in [3.8, 4) is 0 Å². The van der Waals surface area contributed by atoms with E-state index in [0.717, 1.165) is 29.3 Å². The molecule has 0 saturated heterocycles. The molecular weight excluding hydrogens is 214 g/mol. The molecule has 1 saturated carbocycles. The van der Waals surface area contributed by atoms with Crippen LogP contribution in [0.15, 0.2) is 12.5 Å². The van der Waals surface area contributed by atoms with Gasteiger partial charge in [0.25, 0.3) is 0 Å². The first-order chi connectivity index (χ1) is 8.34. The fourth-order valence-electron chi connectivity index (χ4n) is 2.11. The minimum Gasteiger partial charge on any atom is -0.369 e. The molecule has 1 aliphatic rings. The van der Waals surface area contributed by atoms with Crippen molar-refractivity contribution in [1.29, 1.82) is 0 Å². The summed E-state index contributed by atoms with van der Waals surface area (Å²) in [5.74, 6) is 1.90. The minimum absolute atomic E-state index is 0.879. The van der Waals surface area contributed by atoms with Gasteiger partial charge in [0, 0.05) is 13.6 Å². The number of fused-ring (bicyclic) bond motifs is 1. The lowest BCUT2D eigenvalue weighted by molar-refractivity contribution is 0.687. The maximum Gasteiger partial charge on any atom is 0.163 e. The smallest absolute Gasteiger partial charge is 0.163 e. The van der Waals surface area contributed by atoms with E-state index in [1.165, 1.54) is 25.7 Å². The molecule has 90 valence electrons. The zero-order chi connectivity index (χ0) is 11.7. The first-order valence-corrected chi connectivity index (χ1v) is 6.21. The molecule has 0 atom stereocenters. The van der Waals surface area contributed by atoms with Gasteiger partial charge in [-0.25, -0.2) is 9.97 Å². The number of aromatic nitrogens is 4. The number of aryl methyl sites for hydroxylation is 1. The van der Waals surface area contributed by atoms with Crippen molar-refractivity contribution in [2.75, 3.05) is 11.9 Å². The van der Waals surface area contributed by atoms with Crippen LogP contribution in [0, 0.1) is 5.92 Å². The van der Waals surface area contributed by atoms with Crippen LogP contribution in [0.4, 0.5) is 5.82 Å². The van der Waals surface area contributed by atoms with Crippen LogP contribution in [-0.4, -0.2) is 26.3 Å². The van der Waals surface area contributed by atoms with E-state index in [1.54, 1.807) is 11.0 Å². The van der Waals surface area contributed by atoms with Crippen LogP contribution in [0.1, 0.15) is 25.7 Å². The molecular formula is C12H17N5. The summed E-state index contributed by atoms with van der Waals surface area (Å²) in [4.78, 5) is 8.49. The highest BCUT2D eigenvalue weighted by Crippen LogP contribution is 2.33. The monoisotopic (exact) mass is 231 g/mol. The normalized spacial score (nSPS) is 15.4. The molecule has 0 spiro atoms. The Labute approximate surface area is 100 Å². The average Bonchev–Trinajstić information content (AvgIpc) is 3.09. The molecule has 0 unspecified atom stereocenters. The highest BCUT2D eigenvalue weighted by atomic mass is 15.3. The molecule has 0 aromatic carbocycles. The molecule has 2 heterocycles. The number of rotatable bonds is 5. The summed E-state index contributed by atoms with van der Waals surface area (Å²) in [5.41, 5.74) is 0.879. The molecule has 5 heteroatoms. The minimum atomic E-state index is 0.879. The molecule has 3 rings (SSSR count). The first-order valence-electron chi connectivity index (χ1n) is 6.21. The second-order valence-electron chi connectivity index (χ2n) is 4.74. The van der Waals surface area contributed by atoms with Gasteiger partial charge >= 0.3 is 0 Å². The van der Waals surface area contributed by atoms with E-state index in [0.29, 0.717) is 0 Å². The van der Waals surface area contributed by atoms with Gasteiger partial charge in [0.15, 0.2) is 5.65 Å². The van der Waals surface area contributed by atoms with Crippen molar-refractivity contribution in [1.82, 2.24) is 19.7 Å². The van der Waals surface area contributed by atoms with Gasteiger partial charge in [0.2, 0.25) is 0 Å². The van der Waals surface area contributed by atoms with E-state index in [2.05, 4.69) is 20.4 Å². The summed E-state index contributed by atoms with van der Waals surface area (Å²) in [6, 6.07) is 0. The average molecular weight is 231 g/mol. The fourth-order valence-corrected chi connectivity index (χ4v) is 2.11. The molecule has 0 amide bonds. The van der Waals surface area contributed by atoms with Crippen LogP contribution in [-0.2, 0) is 7.05 Å². The van der Waals surface area contributed by atoms with Crippen molar-refractivity contribution >= 4 is 16.9 Å². The van der Waals surface area contributed by atoms with Gasteiger partial charge in [-0.3, -0.25) is 4.68 Å². The van der Waals surface area contributed by atoms with Gasteiger partial charge in [0.1, 0.15) is 12.1 Å². The van der Waals surface area contributed by atoms with E-state index in [-0.39, 0.29) is 0 Å². The molecule has 1 fully saturated rings. The molecule has 1 aliphatic carbocycles. The quantitative estimate of drug-likeness (QED) is 0.799. The second-order valence-corrected chi connectivity index (χ2v) is 4.74. The second kappa shape index (κ2) is 4.31. The molecule has 0 bridgehead atoms. The highest BCUT2D eigenvalue weighted by molar-refractivity contribution is 5.85. The Bertz CT molecular complexity index is 515. The maximum atomic E-state index is 4.28. The molecule has 2 aromatic heterocycles. The van der Waals surface area contributed by atoms with Crippen LogP contribution in [0.5, 0.6) is 0 Å². The highest BCUT2D eigenvalue weighted by Gasteiger charge is 2.20. The van der Waals surface area contributed by atoms with Crippen LogP contribution in [0.2, 0.25) is 0 Å². The summed E-state index contributed by atoms with van der Waals surface area (Å²) in [5, 5.41) is 8.58. The lowest BCUT2D eigenvalue weighted by Crippen LogP contribution is -2.04. The molecule has 0 radical (unpaired) electrons. The topological polar surface area (TPSA) is 55.6 Å². The Hall–Kier alpha value is -1.65. The maximum absolute atomic E-state index is 4.28. The third kappa shape index (κ3) is 2.23. The van der Waals surface area contributed by atoms with Gasteiger partial charge in [-0.15, -0.1) is 0 Å². The van der Waals surface area contributed by atoms with E-state index in [1.807, 2.05) is 13.2 Å². The summed E-state index contributed by atoms with van der Waals surface area (Å²) in [6.45, 7) is 0.984. The predicted octanol–water partition coefficient (Wildman–Crippen LogP) is 1.97. The Morgan fingerprint density at radius 2 is 2.29 bits per heavy atom. The van der Waals surface area contributed by atoms with Crippen LogP contribution in [0.25, 0.3) is 11.0 Å². The molecule has 0 aliphatic heterocycles. The van der Waals surface area contributed by atoms with E-state index >= 15 is 0 Å². The van der Waals surface area contributed by atoms with Crippen LogP contribution in [0.3, 0.4) is 0 Å². The third-order valence-corrected chi connectivity index (χ3v) is 3.31. The SMILES string of the molecule is Cn1ncc2c(NCCCC3CC3)ncnc21. The largest absolute Gasteiger partial charge is 0.369 e. The van der Waals surface area contributed by atoms with E-state index < -0.39 is 0 Å². The number of anilines is 1. The summed E-state index contributed by atoms with van der Waals surface area (Å²) in [6.07, 6.45) is 8.83. The van der Waals surface area contributed by atoms with Crippen LogP contribution < -0.4 is 5.32 Å². The molecule has 1 N–H and O–H groups in total. The first kappa shape index (κ1) is 10.5. The Morgan fingerprint density at radius 3 is 3.12 bits per heavy atom. The number of hydrogen-bond acceptors (Lipinski definition) is 4. The van der Waals surface area contributed by atoms with Crippen molar-refractivity contribution in [3.05, 3.63) is 12.5 Å². The van der Waals surface area contributed by atoms with E-state index in [4.69, 9.17) is 0 Å². The molecule has 17 heavy (non-hydrogen) atoms. The third-order valence-electron chi connectivity index (χ3n) is 3.31. The van der Waals surface area contributed by atoms with E-state index in [9.17, 15) is 0 Å². The predicted molar refractivity (Wildman–Crippen MR) is 66.8 cm³/mol. The van der Waals surface area contributed by atoms with Crippen LogP contribution >= 0.6 is 0 Å². The number of nitrogens with zero attached hydrogens (tertiary/aromatic N) is 4. The lowest BCUT2D eigenvalue weighted by atomic mass is 10.2. The van der Waals surface area contributed by atoms with Crippen molar-refractivity contribution in [2.45, 2.75) is 25.7 Å². The molecule has 5 nitrogen and oxygen atoms in total.